The summed E-state index contributed by atoms with van der Waals surface area (Å²) in [4.78, 5) is 7.56. The topological polar surface area (TPSA) is 67.2 Å². The highest BCUT2D eigenvalue weighted by Crippen LogP contribution is 2.38. The fraction of sp³-hybridized carbons (Fsp3) is 0.318. The summed E-state index contributed by atoms with van der Waals surface area (Å²) in [6.45, 7) is 0.930. The first-order chi connectivity index (χ1) is 13.3. The van der Waals surface area contributed by atoms with E-state index in [2.05, 4.69) is 46.4 Å². The standard InChI is InChI=1S/C22H26N4O/c1-27-20-10-9-18(22-24-11-12-25-22)15-19(20)14-17-8-5-13-26(23)21(17)16-6-3-2-4-7-16/h2-4,6-7,9-12,15,17,21H,5,8,13-14,23H2,1H3,(H,24,25)/t17-,21+/m0/s1. The largest absolute Gasteiger partial charge is 0.496 e. The Morgan fingerprint density at radius 2 is 2.07 bits per heavy atom. The molecule has 0 aliphatic carbocycles. The number of ether oxygens (including phenoxy) is 1. The smallest absolute Gasteiger partial charge is 0.137 e. The lowest BCUT2D eigenvalue weighted by Crippen LogP contribution is -2.44. The number of piperidine rings is 1. The average molecular weight is 362 g/mol. The predicted molar refractivity (Wildman–Crippen MR) is 107 cm³/mol. The number of hydrogen-bond acceptors (Lipinski definition) is 4. The summed E-state index contributed by atoms with van der Waals surface area (Å²) in [5.74, 6) is 8.66. The van der Waals surface area contributed by atoms with Crippen molar-refractivity contribution < 1.29 is 4.74 Å². The molecule has 2 atom stereocenters. The predicted octanol–water partition coefficient (Wildman–Crippen LogP) is 3.95. The third kappa shape index (κ3) is 3.75. The first-order valence-corrected chi connectivity index (χ1v) is 9.49. The van der Waals surface area contributed by atoms with Crippen LogP contribution in [0, 0.1) is 5.92 Å². The van der Waals surface area contributed by atoms with Gasteiger partial charge in [0.05, 0.1) is 13.2 Å². The summed E-state index contributed by atoms with van der Waals surface area (Å²) in [6, 6.07) is 17.1. The van der Waals surface area contributed by atoms with Crippen molar-refractivity contribution in [2.24, 2.45) is 11.8 Å². The Balaban J connectivity index is 1.66. The number of nitrogens with two attached hydrogens (primary N) is 1. The lowest BCUT2D eigenvalue weighted by molar-refractivity contribution is 0.0923. The number of hydrazine groups is 1. The number of imidazole rings is 1. The third-order valence-corrected chi connectivity index (χ3v) is 5.47. The second-order valence-corrected chi connectivity index (χ2v) is 7.16. The minimum absolute atomic E-state index is 0.219. The van der Waals surface area contributed by atoms with Crippen LogP contribution in [0.1, 0.15) is 30.0 Å². The number of hydrogen-bond donors (Lipinski definition) is 2. The van der Waals surface area contributed by atoms with E-state index in [9.17, 15) is 0 Å². The fourth-order valence-electron chi connectivity index (χ4n) is 4.22. The molecule has 0 saturated carbocycles. The highest BCUT2D eigenvalue weighted by Gasteiger charge is 2.31. The molecule has 2 aromatic carbocycles. The van der Waals surface area contributed by atoms with E-state index >= 15 is 0 Å². The number of nitrogens with one attached hydrogen (secondary N) is 1. The normalized spacial score (nSPS) is 20.5. The molecular weight excluding hydrogens is 336 g/mol. The van der Waals surface area contributed by atoms with Crippen molar-refractivity contribution in [3.63, 3.8) is 0 Å². The molecule has 0 unspecified atom stereocenters. The van der Waals surface area contributed by atoms with Crippen molar-refractivity contribution in [1.29, 1.82) is 0 Å². The molecule has 3 aromatic rings. The van der Waals surface area contributed by atoms with Crippen molar-refractivity contribution in [1.82, 2.24) is 15.0 Å². The van der Waals surface area contributed by atoms with Gasteiger partial charge in [-0.05, 0) is 54.5 Å². The maximum Gasteiger partial charge on any atom is 0.137 e. The highest BCUT2D eigenvalue weighted by molar-refractivity contribution is 5.58. The van der Waals surface area contributed by atoms with Gasteiger partial charge in [0.15, 0.2) is 0 Å². The molecule has 5 nitrogen and oxygen atoms in total. The quantitative estimate of drug-likeness (QED) is 0.674. The highest BCUT2D eigenvalue weighted by atomic mass is 16.5. The van der Waals surface area contributed by atoms with E-state index in [-0.39, 0.29) is 6.04 Å². The van der Waals surface area contributed by atoms with Crippen LogP contribution >= 0.6 is 0 Å². The van der Waals surface area contributed by atoms with Gasteiger partial charge in [0, 0.05) is 24.5 Å². The number of H-pyrrole nitrogens is 1. The lowest BCUT2D eigenvalue weighted by atomic mass is 9.81. The van der Waals surface area contributed by atoms with E-state index in [0.29, 0.717) is 5.92 Å². The van der Waals surface area contributed by atoms with E-state index in [1.54, 1.807) is 13.3 Å². The van der Waals surface area contributed by atoms with E-state index in [1.165, 1.54) is 11.1 Å². The van der Waals surface area contributed by atoms with Gasteiger partial charge in [-0.15, -0.1) is 0 Å². The van der Waals surface area contributed by atoms with Crippen LogP contribution in [0.4, 0.5) is 0 Å². The fourth-order valence-corrected chi connectivity index (χ4v) is 4.22. The van der Waals surface area contributed by atoms with E-state index in [0.717, 1.165) is 42.9 Å². The van der Waals surface area contributed by atoms with Gasteiger partial charge in [0.1, 0.15) is 11.6 Å². The molecule has 4 rings (SSSR count). The van der Waals surface area contributed by atoms with Crippen LogP contribution in [0.2, 0.25) is 0 Å². The Morgan fingerprint density at radius 3 is 2.81 bits per heavy atom. The SMILES string of the molecule is COc1ccc(-c2ncc[nH]2)cc1C[C@@H]1CCCN(N)[C@@H]1c1ccccc1. The summed E-state index contributed by atoms with van der Waals surface area (Å²) < 4.78 is 5.65. The average Bonchev–Trinajstić information content (AvgIpc) is 3.24. The van der Waals surface area contributed by atoms with Crippen LogP contribution < -0.4 is 10.6 Å². The van der Waals surface area contributed by atoms with Gasteiger partial charge < -0.3 is 9.72 Å². The summed E-state index contributed by atoms with van der Waals surface area (Å²) in [7, 11) is 1.73. The van der Waals surface area contributed by atoms with Crippen LogP contribution in [-0.4, -0.2) is 28.6 Å². The molecule has 0 radical (unpaired) electrons. The van der Waals surface area contributed by atoms with Crippen molar-refractivity contribution in [2.75, 3.05) is 13.7 Å². The molecule has 2 heterocycles. The third-order valence-electron chi connectivity index (χ3n) is 5.47. The number of nitrogens with zero attached hydrogens (tertiary/aromatic N) is 2. The van der Waals surface area contributed by atoms with Gasteiger partial charge >= 0.3 is 0 Å². The molecule has 0 bridgehead atoms. The van der Waals surface area contributed by atoms with Crippen LogP contribution in [0.3, 0.4) is 0 Å². The molecule has 27 heavy (non-hydrogen) atoms. The molecule has 1 fully saturated rings. The van der Waals surface area contributed by atoms with Crippen molar-refractivity contribution in [3.05, 3.63) is 72.1 Å². The molecule has 3 N–H and O–H groups in total. The van der Waals surface area contributed by atoms with Gasteiger partial charge in [0.2, 0.25) is 0 Å². The maximum absolute atomic E-state index is 6.42. The summed E-state index contributed by atoms with van der Waals surface area (Å²) in [6.07, 6.45) is 6.81. The molecule has 5 heteroatoms. The van der Waals surface area contributed by atoms with Crippen molar-refractivity contribution in [3.8, 4) is 17.1 Å². The monoisotopic (exact) mass is 362 g/mol. The van der Waals surface area contributed by atoms with E-state index < -0.39 is 0 Å². The molecule has 1 aliphatic rings. The van der Waals surface area contributed by atoms with Gasteiger partial charge in [0.25, 0.3) is 0 Å². The second-order valence-electron chi connectivity index (χ2n) is 7.16. The first kappa shape index (κ1) is 17.8. The number of benzene rings is 2. The van der Waals surface area contributed by atoms with Crippen LogP contribution in [0.25, 0.3) is 11.4 Å². The van der Waals surface area contributed by atoms with Crippen molar-refractivity contribution >= 4 is 0 Å². The number of aromatic amines is 1. The molecular formula is C22H26N4O. The minimum atomic E-state index is 0.219. The Morgan fingerprint density at radius 1 is 1.22 bits per heavy atom. The molecule has 140 valence electrons. The van der Waals surface area contributed by atoms with Crippen LogP contribution in [0.5, 0.6) is 5.75 Å². The molecule has 1 saturated heterocycles. The zero-order valence-corrected chi connectivity index (χ0v) is 15.6. The zero-order valence-electron chi connectivity index (χ0n) is 15.6. The Hall–Kier alpha value is -2.63. The van der Waals surface area contributed by atoms with Crippen LogP contribution in [0.15, 0.2) is 60.9 Å². The zero-order chi connectivity index (χ0) is 18.6. The van der Waals surface area contributed by atoms with Gasteiger partial charge in [-0.3, -0.25) is 5.84 Å². The molecule has 1 aliphatic heterocycles. The lowest BCUT2D eigenvalue weighted by Gasteiger charge is -2.39. The first-order valence-electron chi connectivity index (χ1n) is 9.49. The summed E-state index contributed by atoms with van der Waals surface area (Å²) in [5, 5.41) is 2.01. The number of aromatic nitrogens is 2. The molecule has 0 spiro atoms. The maximum atomic E-state index is 6.42. The number of rotatable bonds is 5. The Bertz CT molecular complexity index is 863. The Labute approximate surface area is 160 Å². The minimum Gasteiger partial charge on any atom is -0.496 e. The van der Waals surface area contributed by atoms with Gasteiger partial charge in [-0.25, -0.2) is 9.99 Å². The Kier molecular flexibility index (Phi) is 5.23. The van der Waals surface area contributed by atoms with Crippen LogP contribution in [-0.2, 0) is 6.42 Å². The summed E-state index contributed by atoms with van der Waals surface area (Å²) in [5.41, 5.74) is 3.56. The van der Waals surface area contributed by atoms with Gasteiger partial charge in [-0.2, -0.15) is 0 Å². The van der Waals surface area contributed by atoms with Gasteiger partial charge in [-0.1, -0.05) is 30.3 Å². The van der Waals surface area contributed by atoms with E-state index in [1.807, 2.05) is 23.3 Å². The second kappa shape index (κ2) is 7.94. The summed E-state index contributed by atoms with van der Waals surface area (Å²) >= 11 is 0. The molecule has 0 amide bonds. The van der Waals surface area contributed by atoms with Crippen molar-refractivity contribution in [2.45, 2.75) is 25.3 Å². The molecule has 1 aromatic heterocycles. The number of methoxy groups -OCH3 is 1. The van der Waals surface area contributed by atoms with E-state index in [4.69, 9.17) is 10.6 Å².